The first-order chi connectivity index (χ1) is 12.7. The third kappa shape index (κ3) is 4.92. The standard InChI is InChI=1S/C18H16ClN3O2.C2H6/c1-12-17(20-18(19)22-21-12)14-8-9-15(16(10-14)23-2)24-11-13-6-4-3-5-7-13;1-2/h3-10H,11H2,1-2H3;1-2H3. The molecular formula is C20H22ClN3O2. The van der Waals surface area contributed by atoms with Crippen LogP contribution in [-0.4, -0.2) is 22.3 Å². The molecule has 0 aliphatic carbocycles. The lowest BCUT2D eigenvalue weighted by molar-refractivity contribution is 0.284. The molecule has 0 bridgehead atoms. The number of aryl methyl sites for hydroxylation is 1. The van der Waals surface area contributed by atoms with Crippen LogP contribution in [0.1, 0.15) is 25.1 Å². The fraction of sp³-hybridized carbons (Fsp3) is 0.250. The van der Waals surface area contributed by atoms with E-state index in [1.807, 2.05) is 69.3 Å². The van der Waals surface area contributed by atoms with Gasteiger partial charge >= 0.3 is 0 Å². The number of aromatic nitrogens is 3. The third-order valence-electron chi connectivity index (χ3n) is 3.50. The van der Waals surface area contributed by atoms with Gasteiger partial charge in [-0.05, 0) is 42.3 Å². The van der Waals surface area contributed by atoms with Gasteiger partial charge in [-0.25, -0.2) is 4.98 Å². The molecule has 136 valence electrons. The molecule has 0 aliphatic rings. The molecule has 6 heteroatoms. The van der Waals surface area contributed by atoms with Crippen molar-refractivity contribution in [3.63, 3.8) is 0 Å². The minimum atomic E-state index is 0.110. The van der Waals surface area contributed by atoms with E-state index in [0.717, 1.165) is 11.1 Å². The molecule has 0 fully saturated rings. The molecule has 0 saturated heterocycles. The SMILES string of the molecule is CC.COc1cc(-c2nc(Cl)nnc2C)ccc1OCc1ccccc1. The first kappa shape index (κ1) is 19.7. The van der Waals surface area contributed by atoms with Crippen LogP contribution in [0.3, 0.4) is 0 Å². The Bertz CT molecular complexity index is 842. The average Bonchev–Trinajstić information content (AvgIpc) is 2.70. The number of ether oxygens (including phenoxy) is 2. The van der Waals surface area contributed by atoms with Crippen molar-refractivity contribution in [1.82, 2.24) is 15.2 Å². The number of hydrogen-bond acceptors (Lipinski definition) is 5. The Labute approximate surface area is 159 Å². The van der Waals surface area contributed by atoms with Gasteiger partial charge in [0.2, 0.25) is 5.28 Å². The summed E-state index contributed by atoms with van der Waals surface area (Å²) in [6, 6.07) is 15.6. The second kappa shape index (κ2) is 9.73. The summed E-state index contributed by atoms with van der Waals surface area (Å²) in [5.74, 6) is 1.29. The zero-order chi connectivity index (χ0) is 18.9. The quantitative estimate of drug-likeness (QED) is 0.623. The van der Waals surface area contributed by atoms with E-state index in [-0.39, 0.29) is 5.28 Å². The number of rotatable bonds is 5. The van der Waals surface area contributed by atoms with Crippen molar-refractivity contribution >= 4 is 11.6 Å². The molecule has 0 saturated carbocycles. The Morgan fingerprint density at radius 2 is 1.69 bits per heavy atom. The van der Waals surface area contributed by atoms with E-state index in [2.05, 4.69) is 15.2 Å². The van der Waals surface area contributed by atoms with Crippen molar-refractivity contribution in [3.05, 3.63) is 65.1 Å². The lowest BCUT2D eigenvalue weighted by Crippen LogP contribution is -1.99. The molecule has 0 spiro atoms. The monoisotopic (exact) mass is 371 g/mol. The fourth-order valence-electron chi connectivity index (χ4n) is 2.30. The van der Waals surface area contributed by atoms with Gasteiger partial charge in [-0.3, -0.25) is 0 Å². The van der Waals surface area contributed by atoms with E-state index in [1.165, 1.54) is 0 Å². The Morgan fingerprint density at radius 3 is 2.38 bits per heavy atom. The molecular weight excluding hydrogens is 350 g/mol. The molecule has 1 aromatic heterocycles. The summed E-state index contributed by atoms with van der Waals surface area (Å²) < 4.78 is 11.3. The normalized spacial score (nSPS) is 9.88. The first-order valence-electron chi connectivity index (χ1n) is 8.39. The van der Waals surface area contributed by atoms with Crippen LogP contribution < -0.4 is 9.47 Å². The number of methoxy groups -OCH3 is 1. The fourth-order valence-corrected chi connectivity index (χ4v) is 2.42. The van der Waals surface area contributed by atoms with Crippen molar-refractivity contribution in [3.8, 4) is 22.8 Å². The van der Waals surface area contributed by atoms with Gasteiger partial charge < -0.3 is 9.47 Å². The molecule has 0 radical (unpaired) electrons. The Balaban J connectivity index is 0.00000117. The largest absolute Gasteiger partial charge is 0.493 e. The minimum absolute atomic E-state index is 0.110. The van der Waals surface area contributed by atoms with Crippen LogP contribution in [0.2, 0.25) is 5.28 Å². The molecule has 0 unspecified atom stereocenters. The van der Waals surface area contributed by atoms with Gasteiger partial charge in [-0.1, -0.05) is 44.2 Å². The highest BCUT2D eigenvalue weighted by Gasteiger charge is 2.12. The minimum Gasteiger partial charge on any atom is -0.493 e. The number of nitrogens with zero attached hydrogens (tertiary/aromatic N) is 3. The molecule has 1 heterocycles. The van der Waals surface area contributed by atoms with Gasteiger partial charge in [-0.15, -0.1) is 5.10 Å². The predicted octanol–water partition coefficient (Wildman–Crippen LogP) is 5.11. The van der Waals surface area contributed by atoms with Crippen LogP contribution in [0.15, 0.2) is 48.5 Å². The molecule has 2 aromatic carbocycles. The number of halogens is 1. The third-order valence-corrected chi connectivity index (χ3v) is 3.66. The van der Waals surface area contributed by atoms with Crippen molar-refractivity contribution in [1.29, 1.82) is 0 Å². The number of hydrogen-bond donors (Lipinski definition) is 0. The van der Waals surface area contributed by atoms with Gasteiger partial charge in [0.05, 0.1) is 18.5 Å². The molecule has 3 rings (SSSR count). The van der Waals surface area contributed by atoms with Crippen LogP contribution in [0.25, 0.3) is 11.3 Å². The highest BCUT2D eigenvalue weighted by Crippen LogP contribution is 2.33. The van der Waals surface area contributed by atoms with Crippen LogP contribution in [0.4, 0.5) is 0 Å². The van der Waals surface area contributed by atoms with Crippen LogP contribution >= 0.6 is 11.6 Å². The second-order valence-corrected chi connectivity index (χ2v) is 5.49. The van der Waals surface area contributed by atoms with E-state index >= 15 is 0 Å². The summed E-state index contributed by atoms with van der Waals surface area (Å²) in [5.41, 5.74) is 3.29. The van der Waals surface area contributed by atoms with Crippen LogP contribution in [0.5, 0.6) is 11.5 Å². The average molecular weight is 372 g/mol. The van der Waals surface area contributed by atoms with E-state index in [9.17, 15) is 0 Å². The van der Waals surface area contributed by atoms with Crippen LogP contribution in [-0.2, 0) is 6.61 Å². The van der Waals surface area contributed by atoms with Crippen molar-refractivity contribution in [2.75, 3.05) is 7.11 Å². The van der Waals surface area contributed by atoms with Crippen molar-refractivity contribution in [2.45, 2.75) is 27.4 Å². The summed E-state index contributed by atoms with van der Waals surface area (Å²) in [5, 5.41) is 7.84. The highest BCUT2D eigenvalue weighted by atomic mass is 35.5. The Morgan fingerprint density at radius 1 is 0.962 bits per heavy atom. The lowest BCUT2D eigenvalue weighted by Gasteiger charge is -2.12. The van der Waals surface area contributed by atoms with Crippen molar-refractivity contribution < 1.29 is 9.47 Å². The molecule has 0 N–H and O–H groups in total. The molecule has 0 aliphatic heterocycles. The zero-order valence-electron chi connectivity index (χ0n) is 15.4. The first-order valence-corrected chi connectivity index (χ1v) is 8.77. The molecule has 0 amide bonds. The molecule has 3 aromatic rings. The summed E-state index contributed by atoms with van der Waals surface area (Å²) in [7, 11) is 1.60. The van der Waals surface area contributed by atoms with E-state index in [4.69, 9.17) is 21.1 Å². The molecule has 5 nitrogen and oxygen atoms in total. The van der Waals surface area contributed by atoms with Gasteiger partial charge in [0.15, 0.2) is 11.5 Å². The second-order valence-electron chi connectivity index (χ2n) is 5.15. The van der Waals surface area contributed by atoms with Gasteiger partial charge in [0, 0.05) is 5.56 Å². The summed E-state index contributed by atoms with van der Waals surface area (Å²) >= 11 is 5.85. The summed E-state index contributed by atoms with van der Waals surface area (Å²) in [6.07, 6.45) is 0. The summed E-state index contributed by atoms with van der Waals surface area (Å²) in [4.78, 5) is 4.24. The smallest absolute Gasteiger partial charge is 0.243 e. The van der Waals surface area contributed by atoms with Gasteiger partial charge in [0.1, 0.15) is 6.61 Å². The Hall–Kier alpha value is -2.66. The zero-order valence-corrected chi connectivity index (χ0v) is 16.1. The predicted molar refractivity (Wildman–Crippen MR) is 104 cm³/mol. The van der Waals surface area contributed by atoms with Crippen molar-refractivity contribution in [2.24, 2.45) is 0 Å². The Kier molecular flexibility index (Phi) is 7.36. The van der Waals surface area contributed by atoms with E-state index in [1.54, 1.807) is 7.11 Å². The highest BCUT2D eigenvalue weighted by molar-refractivity contribution is 6.28. The van der Waals surface area contributed by atoms with Crippen LogP contribution in [0, 0.1) is 6.92 Å². The van der Waals surface area contributed by atoms with Gasteiger partial charge in [0.25, 0.3) is 0 Å². The maximum Gasteiger partial charge on any atom is 0.243 e. The summed E-state index contributed by atoms with van der Waals surface area (Å²) in [6.45, 7) is 6.30. The van der Waals surface area contributed by atoms with E-state index in [0.29, 0.717) is 29.5 Å². The maximum atomic E-state index is 5.86. The molecule has 0 atom stereocenters. The molecule has 26 heavy (non-hydrogen) atoms. The van der Waals surface area contributed by atoms with E-state index < -0.39 is 0 Å². The lowest BCUT2D eigenvalue weighted by atomic mass is 10.1. The van der Waals surface area contributed by atoms with Gasteiger partial charge in [-0.2, -0.15) is 5.10 Å². The number of benzene rings is 2. The maximum absolute atomic E-state index is 5.86. The topological polar surface area (TPSA) is 57.1 Å².